The van der Waals surface area contributed by atoms with Crippen molar-refractivity contribution in [3.63, 3.8) is 0 Å². The maximum atomic E-state index is 9.21. The summed E-state index contributed by atoms with van der Waals surface area (Å²) in [6.45, 7) is 2.27. The highest BCUT2D eigenvalue weighted by Gasteiger charge is 1.95. The van der Waals surface area contributed by atoms with Crippen LogP contribution in [-0.4, -0.2) is 22.9 Å². The molecule has 0 amide bonds. The highest BCUT2D eigenvalue weighted by molar-refractivity contribution is 4.87. The van der Waals surface area contributed by atoms with E-state index in [2.05, 4.69) is 6.92 Å². The van der Waals surface area contributed by atoms with Crippen molar-refractivity contribution < 1.29 is 10.2 Å². The van der Waals surface area contributed by atoms with Gasteiger partial charge in [0.2, 0.25) is 0 Å². The maximum Gasteiger partial charge on any atom is 0.0721 e. The molecule has 0 fully saturated rings. The van der Waals surface area contributed by atoms with Crippen LogP contribution in [0.5, 0.6) is 0 Å². The fourth-order valence-corrected chi connectivity index (χ4v) is 0.817. The summed E-state index contributed by atoms with van der Waals surface area (Å²) in [6, 6.07) is 0. The quantitative estimate of drug-likeness (QED) is 0.575. The Morgan fingerprint density at radius 3 is 2.73 bits per heavy atom. The molecule has 0 rings (SSSR count). The normalized spacial score (nSPS) is 14.1. The van der Waals surface area contributed by atoms with E-state index in [4.69, 9.17) is 5.11 Å². The van der Waals surface area contributed by atoms with Gasteiger partial charge in [0.05, 0.1) is 6.10 Å². The molecule has 0 aliphatic rings. The van der Waals surface area contributed by atoms with Crippen LogP contribution in [0.1, 0.15) is 32.6 Å². The number of aliphatic hydroxyl groups is 2. The fraction of sp³-hybridized carbons (Fsp3) is 0.778. The Morgan fingerprint density at radius 2 is 2.18 bits per heavy atom. The van der Waals surface area contributed by atoms with Crippen molar-refractivity contribution in [3.8, 4) is 0 Å². The molecule has 0 aromatic rings. The molecule has 2 N–H and O–H groups in total. The third-order valence-corrected chi connectivity index (χ3v) is 1.47. The number of rotatable bonds is 6. The molecule has 1 atom stereocenters. The SMILES string of the molecule is CCC/C=C/C(O)CCCO. The standard InChI is InChI=1S/C9H18O2/c1-2-3-4-6-9(11)7-5-8-10/h4,6,9-11H,2-3,5,7-8H2,1H3/b6-4+. The number of allylic oxidation sites excluding steroid dienone is 1. The number of aliphatic hydroxyl groups excluding tert-OH is 2. The van der Waals surface area contributed by atoms with E-state index in [-0.39, 0.29) is 12.7 Å². The van der Waals surface area contributed by atoms with E-state index in [1.54, 1.807) is 6.08 Å². The van der Waals surface area contributed by atoms with Crippen molar-refractivity contribution >= 4 is 0 Å². The Hall–Kier alpha value is -0.340. The number of hydrogen-bond donors (Lipinski definition) is 2. The zero-order valence-corrected chi connectivity index (χ0v) is 7.16. The van der Waals surface area contributed by atoms with Gasteiger partial charge in [-0.2, -0.15) is 0 Å². The number of unbranched alkanes of at least 4 members (excludes halogenated alkanes) is 1. The van der Waals surface area contributed by atoms with Crippen LogP contribution in [0.2, 0.25) is 0 Å². The molecule has 0 aliphatic heterocycles. The predicted molar refractivity (Wildman–Crippen MR) is 46.4 cm³/mol. The Kier molecular flexibility index (Phi) is 7.52. The molecule has 2 heteroatoms. The summed E-state index contributed by atoms with van der Waals surface area (Å²) in [5.41, 5.74) is 0. The van der Waals surface area contributed by atoms with Gasteiger partial charge in [-0.3, -0.25) is 0 Å². The van der Waals surface area contributed by atoms with Gasteiger partial charge >= 0.3 is 0 Å². The zero-order valence-electron chi connectivity index (χ0n) is 7.16. The average molecular weight is 158 g/mol. The summed E-state index contributed by atoms with van der Waals surface area (Å²) < 4.78 is 0. The summed E-state index contributed by atoms with van der Waals surface area (Å²) in [4.78, 5) is 0. The molecule has 0 aliphatic carbocycles. The predicted octanol–water partition coefficient (Wildman–Crippen LogP) is 1.48. The molecule has 0 aromatic carbocycles. The van der Waals surface area contributed by atoms with Gasteiger partial charge in [-0.05, 0) is 19.3 Å². The first-order chi connectivity index (χ1) is 5.31. The molecular formula is C9H18O2. The summed E-state index contributed by atoms with van der Waals surface area (Å²) in [5.74, 6) is 0. The lowest BCUT2D eigenvalue weighted by atomic mass is 10.2. The Morgan fingerprint density at radius 1 is 1.45 bits per heavy atom. The minimum absolute atomic E-state index is 0.165. The highest BCUT2D eigenvalue weighted by Crippen LogP contribution is 1.99. The van der Waals surface area contributed by atoms with Crippen LogP contribution in [0.25, 0.3) is 0 Å². The van der Waals surface area contributed by atoms with Crippen molar-refractivity contribution in [1.29, 1.82) is 0 Å². The van der Waals surface area contributed by atoms with E-state index in [9.17, 15) is 5.11 Å². The summed E-state index contributed by atoms with van der Waals surface area (Å²) in [5, 5.41) is 17.7. The van der Waals surface area contributed by atoms with E-state index < -0.39 is 0 Å². The third kappa shape index (κ3) is 7.56. The highest BCUT2D eigenvalue weighted by atomic mass is 16.3. The minimum Gasteiger partial charge on any atom is -0.396 e. The minimum atomic E-state index is -0.367. The molecule has 0 radical (unpaired) electrons. The molecule has 0 saturated carbocycles. The second-order valence-electron chi connectivity index (χ2n) is 2.65. The van der Waals surface area contributed by atoms with Gasteiger partial charge in [-0.1, -0.05) is 25.5 Å². The van der Waals surface area contributed by atoms with Gasteiger partial charge in [0, 0.05) is 6.61 Å². The fourth-order valence-electron chi connectivity index (χ4n) is 0.817. The Bertz CT molecular complexity index is 99.7. The van der Waals surface area contributed by atoms with E-state index in [1.807, 2.05) is 6.08 Å². The summed E-state index contributed by atoms with van der Waals surface area (Å²) in [6.07, 6.45) is 6.91. The van der Waals surface area contributed by atoms with E-state index in [0.29, 0.717) is 12.8 Å². The van der Waals surface area contributed by atoms with E-state index in [1.165, 1.54) is 0 Å². The topological polar surface area (TPSA) is 40.5 Å². The van der Waals surface area contributed by atoms with Gasteiger partial charge in [0.15, 0.2) is 0 Å². The third-order valence-electron chi connectivity index (χ3n) is 1.47. The first-order valence-electron chi connectivity index (χ1n) is 4.26. The van der Waals surface area contributed by atoms with Gasteiger partial charge in [-0.25, -0.2) is 0 Å². The second kappa shape index (κ2) is 7.76. The number of hydrogen-bond acceptors (Lipinski definition) is 2. The molecule has 0 spiro atoms. The van der Waals surface area contributed by atoms with Gasteiger partial charge in [0.1, 0.15) is 0 Å². The lowest BCUT2D eigenvalue weighted by Crippen LogP contribution is -2.02. The first-order valence-corrected chi connectivity index (χ1v) is 4.26. The maximum absolute atomic E-state index is 9.21. The lowest BCUT2D eigenvalue weighted by Gasteiger charge is -2.02. The molecule has 0 aromatic heterocycles. The largest absolute Gasteiger partial charge is 0.396 e. The lowest BCUT2D eigenvalue weighted by molar-refractivity contribution is 0.190. The molecule has 1 unspecified atom stereocenters. The van der Waals surface area contributed by atoms with E-state index in [0.717, 1.165) is 12.8 Å². The second-order valence-corrected chi connectivity index (χ2v) is 2.65. The van der Waals surface area contributed by atoms with Crippen LogP contribution in [0.4, 0.5) is 0 Å². The zero-order chi connectivity index (χ0) is 8.53. The van der Waals surface area contributed by atoms with Crippen LogP contribution in [0.15, 0.2) is 12.2 Å². The molecule has 0 saturated heterocycles. The van der Waals surface area contributed by atoms with Crippen molar-refractivity contribution in [1.82, 2.24) is 0 Å². The molecule has 11 heavy (non-hydrogen) atoms. The van der Waals surface area contributed by atoms with Crippen molar-refractivity contribution in [2.75, 3.05) is 6.61 Å². The van der Waals surface area contributed by atoms with Crippen LogP contribution >= 0.6 is 0 Å². The molecule has 2 nitrogen and oxygen atoms in total. The van der Waals surface area contributed by atoms with Crippen molar-refractivity contribution in [2.45, 2.75) is 38.7 Å². The van der Waals surface area contributed by atoms with Crippen molar-refractivity contribution in [3.05, 3.63) is 12.2 Å². The smallest absolute Gasteiger partial charge is 0.0721 e. The van der Waals surface area contributed by atoms with E-state index >= 15 is 0 Å². The van der Waals surface area contributed by atoms with Crippen LogP contribution in [0.3, 0.4) is 0 Å². The van der Waals surface area contributed by atoms with Crippen LogP contribution in [0, 0.1) is 0 Å². The molecule has 0 heterocycles. The molecule has 66 valence electrons. The van der Waals surface area contributed by atoms with Crippen LogP contribution in [-0.2, 0) is 0 Å². The Labute approximate surface area is 68.6 Å². The Balaban J connectivity index is 3.27. The summed E-state index contributed by atoms with van der Waals surface area (Å²) in [7, 11) is 0. The monoisotopic (exact) mass is 158 g/mol. The summed E-state index contributed by atoms with van der Waals surface area (Å²) >= 11 is 0. The molecular weight excluding hydrogens is 140 g/mol. The van der Waals surface area contributed by atoms with Gasteiger partial charge in [-0.15, -0.1) is 0 Å². The van der Waals surface area contributed by atoms with Gasteiger partial charge < -0.3 is 10.2 Å². The van der Waals surface area contributed by atoms with Crippen LogP contribution < -0.4 is 0 Å². The van der Waals surface area contributed by atoms with Gasteiger partial charge in [0.25, 0.3) is 0 Å². The first kappa shape index (κ1) is 10.7. The average Bonchev–Trinajstić information content (AvgIpc) is 2.01. The molecule has 0 bridgehead atoms. The van der Waals surface area contributed by atoms with Crippen molar-refractivity contribution in [2.24, 2.45) is 0 Å².